The zero-order valence-electron chi connectivity index (χ0n) is 11.9. The molecule has 1 fully saturated rings. The van der Waals surface area contributed by atoms with Crippen LogP contribution in [0.15, 0.2) is 18.2 Å². The van der Waals surface area contributed by atoms with Gasteiger partial charge in [0, 0.05) is 43.1 Å². The van der Waals surface area contributed by atoms with Crippen LogP contribution in [0.4, 0.5) is 20.2 Å². The Morgan fingerprint density at radius 1 is 1.32 bits per heavy atom. The van der Waals surface area contributed by atoms with Crippen molar-refractivity contribution in [1.29, 1.82) is 0 Å². The number of nitro benzene ring substituents is 1. The van der Waals surface area contributed by atoms with E-state index in [1.54, 1.807) is 11.0 Å². The molecule has 118 valence electrons. The average Bonchev–Trinajstić information content (AvgIpc) is 2.89. The van der Waals surface area contributed by atoms with Crippen molar-refractivity contribution in [2.75, 3.05) is 11.4 Å². The molecule has 1 aromatic carbocycles. The Morgan fingerprint density at radius 3 is 2.64 bits per heavy atom. The summed E-state index contributed by atoms with van der Waals surface area (Å²) in [6.07, 6.45) is 0.468. The topological polar surface area (TPSA) is 63.5 Å². The summed E-state index contributed by atoms with van der Waals surface area (Å²) in [6.45, 7) is 0.461. The van der Waals surface area contributed by atoms with Gasteiger partial charge in [-0.25, -0.2) is 8.78 Å². The van der Waals surface area contributed by atoms with Crippen molar-refractivity contribution in [3.05, 3.63) is 33.9 Å². The molecular weight excluding hydrogens is 294 g/mol. The van der Waals surface area contributed by atoms with Crippen LogP contribution < -0.4 is 4.90 Å². The first-order valence-corrected chi connectivity index (χ1v) is 7.34. The van der Waals surface area contributed by atoms with Crippen molar-refractivity contribution >= 4 is 17.3 Å². The Kier molecular flexibility index (Phi) is 3.58. The number of nitrogens with zero attached hydrogens (tertiary/aromatic N) is 2. The van der Waals surface area contributed by atoms with E-state index in [0.29, 0.717) is 18.7 Å². The van der Waals surface area contributed by atoms with Crippen LogP contribution in [0, 0.1) is 16.0 Å². The van der Waals surface area contributed by atoms with Gasteiger partial charge >= 0.3 is 0 Å². The molecule has 22 heavy (non-hydrogen) atoms. The standard InChI is InChI=1S/C15H16F2N2O3/c16-15(17)6-3-10(4-7-15)14(20)18-8-5-11-9-12(19(21)22)1-2-13(11)18/h1-2,9-10H,3-8H2. The van der Waals surface area contributed by atoms with Crippen LogP contribution in [-0.4, -0.2) is 23.3 Å². The van der Waals surface area contributed by atoms with Crippen LogP contribution in [0.1, 0.15) is 31.2 Å². The number of fused-ring (bicyclic) bond motifs is 1. The number of amides is 1. The van der Waals surface area contributed by atoms with Crippen LogP contribution in [0.3, 0.4) is 0 Å². The number of rotatable bonds is 2. The molecule has 3 rings (SSSR count). The van der Waals surface area contributed by atoms with Gasteiger partial charge < -0.3 is 4.90 Å². The summed E-state index contributed by atoms with van der Waals surface area (Å²) < 4.78 is 26.4. The Labute approximate surface area is 126 Å². The molecule has 0 saturated heterocycles. The summed E-state index contributed by atoms with van der Waals surface area (Å²) >= 11 is 0. The maximum Gasteiger partial charge on any atom is 0.269 e. The van der Waals surface area contributed by atoms with E-state index in [1.165, 1.54) is 12.1 Å². The number of halogens is 2. The van der Waals surface area contributed by atoms with E-state index in [0.717, 1.165) is 5.56 Å². The van der Waals surface area contributed by atoms with E-state index in [2.05, 4.69) is 0 Å². The van der Waals surface area contributed by atoms with E-state index in [9.17, 15) is 23.7 Å². The lowest BCUT2D eigenvalue weighted by molar-refractivity contribution is -0.384. The number of hydrogen-bond donors (Lipinski definition) is 0. The molecule has 1 aliphatic heterocycles. The first kappa shape index (κ1) is 14.9. The molecule has 0 spiro atoms. The second kappa shape index (κ2) is 5.30. The van der Waals surface area contributed by atoms with E-state index < -0.39 is 10.8 Å². The van der Waals surface area contributed by atoms with E-state index in [1.807, 2.05) is 0 Å². The Hall–Kier alpha value is -2.05. The quantitative estimate of drug-likeness (QED) is 0.622. The molecule has 1 saturated carbocycles. The Balaban J connectivity index is 1.76. The molecule has 1 aliphatic carbocycles. The second-order valence-corrected chi connectivity index (χ2v) is 5.94. The van der Waals surface area contributed by atoms with Gasteiger partial charge in [-0.2, -0.15) is 0 Å². The first-order chi connectivity index (χ1) is 10.4. The highest BCUT2D eigenvalue weighted by Gasteiger charge is 2.39. The van der Waals surface area contributed by atoms with Gasteiger partial charge in [0.1, 0.15) is 0 Å². The molecule has 5 nitrogen and oxygen atoms in total. The van der Waals surface area contributed by atoms with Gasteiger partial charge in [-0.15, -0.1) is 0 Å². The third-order valence-corrected chi connectivity index (χ3v) is 4.50. The van der Waals surface area contributed by atoms with E-state index in [4.69, 9.17) is 0 Å². The zero-order valence-corrected chi connectivity index (χ0v) is 11.9. The predicted octanol–water partition coefficient (Wildman–Crippen LogP) is 3.31. The minimum Gasteiger partial charge on any atom is -0.312 e. The van der Waals surface area contributed by atoms with Crippen LogP contribution in [0.5, 0.6) is 0 Å². The van der Waals surface area contributed by atoms with Crippen molar-refractivity contribution < 1.29 is 18.5 Å². The largest absolute Gasteiger partial charge is 0.312 e. The summed E-state index contributed by atoms with van der Waals surface area (Å²) in [5, 5.41) is 10.8. The lowest BCUT2D eigenvalue weighted by atomic mass is 9.86. The van der Waals surface area contributed by atoms with Gasteiger partial charge in [-0.05, 0) is 30.9 Å². The smallest absolute Gasteiger partial charge is 0.269 e. The average molecular weight is 310 g/mol. The monoisotopic (exact) mass is 310 g/mol. The molecule has 0 aromatic heterocycles. The number of carbonyl (C=O) groups is 1. The molecule has 0 bridgehead atoms. The zero-order chi connectivity index (χ0) is 15.9. The molecular formula is C15H16F2N2O3. The van der Waals surface area contributed by atoms with Gasteiger partial charge in [0.25, 0.3) is 5.69 Å². The maximum atomic E-state index is 13.2. The molecule has 1 aromatic rings. The lowest BCUT2D eigenvalue weighted by Crippen LogP contribution is -2.38. The first-order valence-electron chi connectivity index (χ1n) is 7.34. The third-order valence-electron chi connectivity index (χ3n) is 4.50. The van der Waals surface area contributed by atoms with Crippen molar-refractivity contribution in [3.63, 3.8) is 0 Å². The number of non-ortho nitro benzene ring substituents is 1. The summed E-state index contributed by atoms with van der Waals surface area (Å²) in [5.41, 5.74) is 1.45. The Morgan fingerprint density at radius 2 is 2.00 bits per heavy atom. The highest BCUT2D eigenvalue weighted by atomic mass is 19.3. The third kappa shape index (κ3) is 2.67. The minimum absolute atomic E-state index is 0.00496. The highest BCUT2D eigenvalue weighted by Crippen LogP contribution is 2.39. The van der Waals surface area contributed by atoms with E-state index in [-0.39, 0.29) is 43.2 Å². The summed E-state index contributed by atoms with van der Waals surface area (Å²) in [4.78, 5) is 24.4. The van der Waals surface area contributed by atoms with Crippen LogP contribution in [0.25, 0.3) is 0 Å². The van der Waals surface area contributed by atoms with Gasteiger partial charge in [-0.1, -0.05) is 0 Å². The SMILES string of the molecule is O=C(C1CCC(F)(F)CC1)N1CCc2cc([N+](=O)[O-])ccc21. The van der Waals surface area contributed by atoms with E-state index >= 15 is 0 Å². The van der Waals surface area contributed by atoms with Gasteiger partial charge in [0.2, 0.25) is 11.8 Å². The fraction of sp³-hybridized carbons (Fsp3) is 0.533. The van der Waals surface area contributed by atoms with Crippen molar-refractivity contribution in [2.24, 2.45) is 5.92 Å². The number of benzene rings is 1. The normalized spacial score (nSPS) is 20.7. The molecule has 0 radical (unpaired) electrons. The fourth-order valence-electron chi connectivity index (χ4n) is 3.24. The van der Waals surface area contributed by atoms with Gasteiger partial charge in [0.15, 0.2) is 0 Å². The molecule has 2 aliphatic rings. The van der Waals surface area contributed by atoms with Crippen molar-refractivity contribution in [3.8, 4) is 0 Å². The molecule has 1 heterocycles. The maximum absolute atomic E-state index is 13.2. The van der Waals surface area contributed by atoms with Crippen molar-refractivity contribution in [2.45, 2.75) is 38.0 Å². The predicted molar refractivity (Wildman–Crippen MR) is 76.1 cm³/mol. The van der Waals surface area contributed by atoms with Crippen molar-refractivity contribution in [1.82, 2.24) is 0 Å². The van der Waals surface area contributed by atoms with Crippen LogP contribution in [0.2, 0.25) is 0 Å². The number of hydrogen-bond acceptors (Lipinski definition) is 3. The number of carbonyl (C=O) groups excluding carboxylic acids is 1. The lowest BCUT2D eigenvalue weighted by Gasteiger charge is -2.30. The number of anilines is 1. The molecule has 0 unspecified atom stereocenters. The molecule has 1 amide bonds. The molecule has 0 N–H and O–H groups in total. The number of alkyl halides is 2. The van der Waals surface area contributed by atoms with Crippen LogP contribution in [-0.2, 0) is 11.2 Å². The summed E-state index contributed by atoms with van der Waals surface area (Å²) in [6, 6.07) is 4.44. The van der Waals surface area contributed by atoms with Gasteiger partial charge in [0.05, 0.1) is 4.92 Å². The highest BCUT2D eigenvalue weighted by molar-refractivity contribution is 5.97. The summed E-state index contributed by atoms with van der Waals surface area (Å²) in [7, 11) is 0. The number of nitro groups is 1. The Bertz CT molecular complexity index is 623. The fourth-order valence-corrected chi connectivity index (χ4v) is 3.24. The summed E-state index contributed by atoms with van der Waals surface area (Å²) in [5.74, 6) is -3.16. The minimum atomic E-state index is -2.65. The second-order valence-electron chi connectivity index (χ2n) is 5.94. The molecule has 0 atom stereocenters. The molecule has 7 heteroatoms. The van der Waals surface area contributed by atoms with Crippen LogP contribution >= 0.6 is 0 Å². The van der Waals surface area contributed by atoms with Gasteiger partial charge in [-0.3, -0.25) is 14.9 Å².